The Morgan fingerprint density at radius 2 is 2.00 bits per heavy atom. The van der Waals surface area contributed by atoms with Crippen molar-refractivity contribution < 1.29 is 18.8 Å². The second-order valence-electron chi connectivity index (χ2n) is 6.04. The first-order valence-corrected chi connectivity index (χ1v) is 9.40. The fourth-order valence-corrected chi connectivity index (χ4v) is 3.40. The summed E-state index contributed by atoms with van der Waals surface area (Å²) in [4.78, 5) is 16.9. The van der Waals surface area contributed by atoms with Crippen molar-refractivity contribution >= 4 is 22.4 Å². The van der Waals surface area contributed by atoms with Gasteiger partial charge >= 0.3 is 0 Å². The molecule has 3 heterocycles. The zero-order valence-corrected chi connectivity index (χ0v) is 16.7. The van der Waals surface area contributed by atoms with E-state index in [0.29, 0.717) is 28.1 Å². The van der Waals surface area contributed by atoms with Gasteiger partial charge in [0.2, 0.25) is 0 Å². The number of thiazole rings is 1. The zero-order chi connectivity index (χ0) is 20.4. The van der Waals surface area contributed by atoms with Crippen LogP contribution in [0.4, 0.5) is 5.13 Å². The lowest BCUT2D eigenvalue weighted by Crippen LogP contribution is -2.11. The van der Waals surface area contributed by atoms with Gasteiger partial charge in [-0.15, -0.1) is 11.3 Å². The van der Waals surface area contributed by atoms with E-state index in [-0.39, 0.29) is 5.69 Å². The van der Waals surface area contributed by atoms with Gasteiger partial charge in [0.15, 0.2) is 28.1 Å². The molecular formula is C19H17N5O4S. The minimum absolute atomic E-state index is 0.159. The molecule has 148 valence electrons. The van der Waals surface area contributed by atoms with Crippen molar-refractivity contribution in [1.82, 2.24) is 19.9 Å². The Morgan fingerprint density at radius 1 is 1.17 bits per heavy atom. The Labute approximate surface area is 169 Å². The van der Waals surface area contributed by atoms with Crippen molar-refractivity contribution in [3.63, 3.8) is 0 Å². The number of anilines is 1. The van der Waals surface area contributed by atoms with Crippen LogP contribution < -0.4 is 14.8 Å². The molecule has 9 nitrogen and oxygen atoms in total. The second kappa shape index (κ2) is 7.76. The molecule has 0 fully saturated rings. The number of nitrogens with one attached hydrogen (secondary N) is 1. The smallest absolute Gasteiger partial charge is 0.279 e. The van der Waals surface area contributed by atoms with Crippen molar-refractivity contribution in [2.75, 3.05) is 19.5 Å². The summed E-state index contributed by atoms with van der Waals surface area (Å²) >= 11 is 1.31. The Balaban J connectivity index is 1.49. The van der Waals surface area contributed by atoms with Gasteiger partial charge in [0.25, 0.3) is 5.91 Å². The lowest BCUT2D eigenvalue weighted by atomic mass is 10.1. The molecule has 1 amide bonds. The standard InChI is InChI=1S/C19H17N5O4S/c1-24-9-12(8-20-24)16-7-13(23-28-16)18(25)22-19-21-14(10-29-19)11-4-5-15(26-2)17(6-11)27-3/h4-10H,1-3H3,(H,21,22,25). The maximum Gasteiger partial charge on any atom is 0.279 e. The zero-order valence-electron chi connectivity index (χ0n) is 15.9. The molecule has 0 aliphatic carbocycles. The van der Waals surface area contributed by atoms with Crippen molar-refractivity contribution in [3.05, 3.63) is 47.7 Å². The summed E-state index contributed by atoms with van der Waals surface area (Å²) in [6, 6.07) is 7.08. The van der Waals surface area contributed by atoms with Crippen LogP contribution in [0, 0.1) is 0 Å². The van der Waals surface area contributed by atoms with Crippen LogP contribution in [-0.2, 0) is 7.05 Å². The van der Waals surface area contributed by atoms with E-state index in [2.05, 4.69) is 20.6 Å². The molecule has 0 atom stereocenters. The van der Waals surface area contributed by atoms with Crippen molar-refractivity contribution in [1.29, 1.82) is 0 Å². The predicted octanol–water partition coefficient (Wildman–Crippen LogP) is 3.47. The number of hydrogen-bond donors (Lipinski definition) is 1. The number of hydrogen-bond acceptors (Lipinski definition) is 8. The SMILES string of the molecule is COc1ccc(-c2csc(NC(=O)c3cc(-c4cnn(C)c4)on3)n2)cc1OC. The summed E-state index contributed by atoms with van der Waals surface area (Å²) in [5.74, 6) is 1.30. The third kappa shape index (κ3) is 3.83. The first-order valence-electron chi connectivity index (χ1n) is 8.52. The molecule has 0 aliphatic heterocycles. The molecule has 0 bridgehead atoms. The van der Waals surface area contributed by atoms with Crippen molar-refractivity contribution in [2.24, 2.45) is 7.05 Å². The summed E-state index contributed by atoms with van der Waals surface area (Å²) in [6.45, 7) is 0. The molecule has 0 unspecified atom stereocenters. The highest BCUT2D eigenvalue weighted by atomic mass is 32.1. The normalized spacial score (nSPS) is 10.7. The number of amides is 1. The van der Waals surface area contributed by atoms with E-state index in [0.717, 1.165) is 11.1 Å². The number of carbonyl (C=O) groups is 1. The maximum absolute atomic E-state index is 12.5. The molecule has 0 saturated carbocycles. The first kappa shape index (κ1) is 18.7. The lowest BCUT2D eigenvalue weighted by molar-refractivity contribution is 0.101. The number of methoxy groups -OCH3 is 2. The Bertz CT molecular complexity index is 1160. The fraction of sp³-hybridized carbons (Fsp3) is 0.158. The summed E-state index contributed by atoms with van der Waals surface area (Å²) < 4.78 is 17.5. The van der Waals surface area contributed by atoms with E-state index < -0.39 is 5.91 Å². The third-order valence-corrected chi connectivity index (χ3v) is 4.89. The monoisotopic (exact) mass is 411 g/mol. The largest absolute Gasteiger partial charge is 0.493 e. The molecule has 1 aromatic carbocycles. The van der Waals surface area contributed by atoms with Gasteiger partial charge in [-0.05, 0) is 18.2 Å². The number of nitrogens with zero attached hydrogens (tertiary/aromatic N) is 4. The maximum atomic E-state index is 12.5. The van der Waals surface area contributed by atoms with E-state index in [9.17, 15) is 4.79 Å². The number of carbonyl (C=O) groups excluding carboxylic acids is 1. The van der Waals surface area contributed by atoms with Crippen LogP contribution in [0.1, 0.15) is 10.5 Å². The molecule has 4 aromatic rings. The highest BCUT2D eigenvalue weighted by Gasteiger charge is 2.17. The highest BCUT2D eigenvalue weighted by molar-refractivity contribution is 7.14. The minimum atomic E-state index is -0.405. The minimum Gasteiger partial charge on any atom is -0.493 e. The van der Waals surface area contributed by atoms with Crippen molar-refractivity contribution in [2.45, 2.75) is 0 Å². The van der Waals surface area contributed by atoms with Gasteiger partial charge in [-0.1, -0.05) is 5.16 Å². The van der Waals surface area contributed by atoms with E-state index in [1.54, 1.807) is 50.5 Å². The fourth-order valence-electron chi connectivity index (χ4n) is 2.69. The van der Waals surface area contributed by atoms with Gasteiger partial charge in [-0.2, -0.15) is 5.10 Å². The van der Waals surface area contributed by atoms with Crippen LogP contribution in [0.5, 0.6) is 11.5 Å². The van der Waals surface area contributed by atoms with Gasteiger partial charge in [-0.25, -0.2) is 4.98 Å². The molecule has 4 rings (SSSR count). The summed E-state index contributed by atoms with van der Waals surface area (Å²) in [7, 11) is 4.95. The van der Waals surface area contributed by atoms with E-state index in [1.807, 2.05) is 17.5 Å². The van der Waals surface area contributed by atoms with Crippen LogP contribution in [0.15, 0.2) is 46.6 Å². The Hall–Kier alpha value is -3.66. The topological polar surface area (TPSA) is 104 Å². The predicted molar refractivity (Wildman–Crippen MR) is 107 cm³/mol. The van der Waals surface area contributed by atoms with Gasteiger partial charge in [0.1, 0.15) is 0 Å². The van der Waals surface area contributed by atoms with Gasteiger partial charge in [-0.3, -0.25) is 14.8 Å². The van der Waals surface area contributed by atoms with Crippen molar-refractivity contribution in [3.8, 4) is 34.1 Å². The van der Waals surface area contributed by atoms with E-state index in [4.69, 9.17) is 14.0 Å². The van der Waals surface area contributed by atoms with E-state index >= 15 is 0 Å². The van der Waals surface area contributed by atoms with Crippen LogP contribution in [0.2, 0.25) is 0 Å². The quantitative estimate of drug-likeness (QED) is 0.518. The molecule has 3 aromatic heterocycles. The number of ether oxygens (including phenoxy) is 2. The molecule has 10 heteroatoms. The average molecular weight is 411 g/mol. The van der Waals surface area contributed by atoms with Gasteiger partial charge in [0.05, 0.1) is 31.7 Å². The van der Waals surface area contributed by atoms with Gasteiger partial charge < -0.3 is 14.0 Å². The summed E-state index contributed by atoms with van der Waals surface area (Å²) in [5.41, 5.74) is 2.46. The first-order chi connectivity index (χ1) is 14.1. The third-order valence-electron chi connectivity index (χ3n) is 4.14. The lowest BCUT2D eigenvalue weighted by Gasteiger charge is -2.08. The molecule has 29 heavy (non-hydrogen) atoms. The van der Waals surface area contributed by atoms with Crippen LogP contribution in [-0.4, -0.2) is 40.0 Å². The molecule has 0 aliphatic rings. The number of benzene rings is 1. The summed E-state index contributed by atoms with van der Waals surface area (Å²) in [5, 5.41) is 12.9. The molecule has 0 saturated heterocycles. The Kier molecular flexibility index (Phi) is 5.00. The second-order valence-corrected chi connectivity index (χ2v) is 6.90. The number of rotatable bonds is 6. The van der Waals surface area contributed by atoms with Crippen LogP contribution >= 0.6 is 11.3 Å². The number of aryl methyl sites for hydroxylation is 1. The van der Waals surface area contributed by atoms with Crippen LogP contribution in [0.25, 0.3) is 22.6 Å². The van der Waals surface area contributed by atoms with E-state index in [1.165, 1.54) is 11.3 Å². The molecule has 0 spiro atoms. The highest BCUT2D eigenvalue weighted by Crippen LogP contribution is 2.33. The summed E-state index contributed by atoms with van der Waals surface area (Å²) in [6.07, 6.45) is 3.41. The van der Waals surface area contributed by atoms with Crippen LogP contribution in [0.3, 0.4) is 0 Å². The molecule has 0 radical (unpaired) electrons. The Morgan fingerprint density at radius 3 is 2.72 bits per heavy atom. The molecule has 1 N–H and O–H groups in total. The average Bonchev–Trinajstić information content (AvgIpc) is 3.48. The number of aromatic nitrogens is 4. The van der Waals surface area contributed by atoms with Gasteiger partial charge in [0, 0.05) is 30.3 Å². The molecular weight excluding hydrogens is 394 g/mol.